The van der Waals surface area contributed by atoms with Crippen LogP contribution in [-0.2, 0) is 5.60 Å². The summed E-state index contributed by atoms with van der Waals surface area (Å²) < 4.78 is 0. The lowest BCUT2D eigenvalue weighted by Gasteiger charge is -2.42. The second-order valence-electron chi connectivity index (χ2n) is 5.60. The molecule has 0 aliphatic heterocycles. The van der Waals surface area contributed by atoms with Gasteiger partial charge in [-0.2, -0.15) is 0 Å². The molecule has 0 spiro atoms. The molecular weight excluding hydrogens is 274 g/mol. The second kappa shape index (κ2) is 5.80. The Hall–Kier alpha value is -1.96. The summed E-state index contributed by atoms with van der Waals surface area (Å²) in [5, 5.41) is 20.4. The number of hydrogen-bond donors (Lipinski definition) is 5. The third-order valence-corrected chi connectivity index (χ3v) is 3.83. The summed E-state index contributed by atoms with van der Waals surface area (Å²) >= 11 is 0. The Morgan fingerprint density at radius 3 is 2.14 bits per heavy atom. The van der Waals surface area contributed by atoms with Crippen LogP contribution in [0.3, 0.4) is 0 Å². The van der Waals surface area contributed by atoms with Crippen LogP contribution in [0, 0.1) is 5.41 Å². The number of carbonyl (C=O) groups excluding carboxylic acids is 2. The maximum atomic E-state index is 11.6. The highest BCUT2D eigenvalue weighted by atomic mass is 16.3. The molecule has 1 atom stereocenters. The lowest BCUT2D eigenvalue weighted by Crippen LogP contribution is -2.50. The smallest absolute Gasteiger partial charge is 0.249 e. The summed E-state index contributed by atoms with van der Waals surface area (Å²) in [6.45, 7) is 2.60. The Labute approximate surface area is 122 Å². The van der Waals surface area contributed by atoms with Gasteiger partial charge in [-0.15, -0.1) is 0 Å². The van der Waals surface area contributed by atoms with Crippen LogP contribution in [-0.4, -0.2) is 35.2 Å². The molecule has 0 radical (unpaired) electrons. The van der Waals surface area contributed by atoms with Crippen LogP contribution in [0.4, 0.5) is 0 Å². The number of aliphatic hydroxyl groups excluding tert-OH is 1. The second-order valence-corrected chi connectivity index (χ2v) is 5.60. The minimum Gasteiger partial charge on any atom is -0.396 e. The fraction of sp³-hybridized carbons (Fsp3) is 0.429. The Morgan fingerprint density at radius 1 is 1.19 bits per heavy atom. The molecule has 7 heteroatoms. The van der Waals surface area contributed by atoms with Crippen LogP contribution in [0.2, 0.25) is 0 Å². The van der Waals surface area contributed by atoms with Gasteiger partial charge in [0.25, 0.3) is 0 Å². The van der Waals surface area contributed by atoms with Crippen molar-refractivity contribution in [2.75, 3.05) is 13.2 Å². The fourth-order valence-corrected chi connectivity index (χ4v) is 2.14. The van der Waals surface area contributed by atoms with Gasteiger partial charge in [0.1, 0.15) is 5.60 Å². The molecular formula is C14H21N3O4. The van der Waals surface area contributed by atoms with Gasteiger partial charge in [-0.3, -0.25) is 9.59 Å². The molecule has 0 bridgehead atoms. The Kier molecular flexibility index (Phi) is 4.72. The molecule has 2 amide bonds. The standard InChI is InChI=1S/C14H21N3O4/c1-13(2,7-18)14(21,6-15)10-4-3-8(11(16)19)5-9(10)12(17)20/h3-5,18,21H,6-7,15H2,1-2H3,(H2,16,19)(H2,17,20). The lowest BCUT2D eigenvalue weighted by atomic mass is 9.69. The lowest BCUT2D eigenvalue weighted by molar-refractivity contribution is -0.0900. The first-order valence-electron chi connectivity index (χ1n) is 6.38. The first-order chi connectivity index (χ1) is 9.60. The average molecular weight is 295 g/mol. The highest BCUT2D eigenvalue weighted by Crippen LogP contribution is 2.40. The van der Waals surface area contributed by atoms with Crippen LogP contribution in [0.15, 0.2) is 18.2 Å². The van der Waals surface area contributed by atoms with E-state index in [4.69, 9.17) is 17.2 Å². The van der Waals surface area contributed by atoms with Gasteiger partial charge < -0.3 is 27.4 Å². The summed E-state index contributed by atoms with van der Waals surface area (Å²) in [7, 11) is 0. The Bertz CT molecular complexity index is 571. The SMILES string of the molecule is CC(C)(CO)C(O)(CN)c1ccc(C(N)=O)cc1C(N)=O. The summed E-state index contributed by atoms with van der Waals surface area (Å²) in [4.78, 5) is 22.8. The van der Waals surface area contributed by atoms with Gasteiger partial charge in [-0.1, -0.05) is 19.9 Å². The van der Waals surface area contributed by atoms with Gasteiger partial charge in [0.15, 0.2) is 0 Å². The van der Waals surface area contributed by atoms with E-state index in [9.17, 15) is 19.8 Å². The zero-order chi connectivity index (χ0) is 16.4. The van der Waals surface area contributed by atoms with Crippen molar-refractivity contribution in [3.8, 4) is 0 Å². The molecule has 0 aliphatic rings. The van der Waals surface area contributed by atoms with E-state index in [-0.39, 0.29) is 29.8 Å². The highest BCUT2D eigenvalue weighted by Gasteiger charge is 2.45. The minimum absolute atomic E-state index is 0.0548. The van der Waals surface area contributed by atoms with Crippen molar-refractivity contribution >= 4 is 11.8 Å². The van der Waals surface area contributed by atoms with Crippen LogP contribution >= 0.6 is 0 Å². The van der Waals surface area contributed by atoms with Crippen LogP contribution in [0.5, 0.6) is 0 Å². The summed E-state index contributed by atoms with van der Waals surface area (Å²) in [5.41, 5.74) is 13.6. The molecule has 7 nitrogen and oxygen atoms in total. The van der Waals surface area contributed by atoms with E-state index in [2.05, 4.69) is 0 Å². The number of primary amides is 2. The molecule has 0 fully saturated rings. The van der Waals surface area contributed by atoms with E-state index in [0.717, 1.165) is 0 Å². The van der Waals surface area contributed by atoms with E-state index >= 15 is 0 Å². The quantitative estimate of drug-likeness (QED) is 0.458. The van der Waals surface area contributed by atoms with E-state index < -0.39 is 22.8 Å². The molecule has 1 aromatic rings. The van der Waals surface area contributed by atoms with Gasteiger partial charge in [0.05, 0.1) is 6.61 Å². The van der Waals surface area contributed by atoms with E-state index in [1.807, 2.05) is 0 Å². The summed E-state index contributed by atoms with van der Waals surface area (Å²) in [5.74, 6) is -1.55. The van der Waals surface area contributed by atoms with Crippen molar-refractivity contribution in [1.29, 1.82) is 0 Å². The Morgan fingerprint density at radius 2 is 1.76 bits per heavy atom. The number of hydrogen-bond acceptors (Lipinski definition) is 5. The minimum atomic E-state index is -1.69. The van der Waals surface area contributed by atoms with Gasteiger partial charge in [-0.25, -0.2) is 0 Å². The van der Waals surface area contributed by atoms with Crippen molar-refractivity contribution < 1.29 is 19.8 Å². The first kappa shape index (κ1) is 17.1. The van der Waals surface area contributed by atoms with Crippen molar-refractivity contribution in [1.82, 2.24) is 0 Å². The molecule has 0 aliphatic carbocycles. The van der Waals surface area contributed by atoms with E-state index in [0.29, 0.717) is 0 Å². The topological polar surface area (TPSA) is 153 Å². The third-order valence-electron chi connectivity index (χ3n) is 3.83. The van der Waals surface area contributed by atoms with Gasteiger partial charge in [-0.05, 0) is 17.7 Å². The van der Waals surface area contributed by atoms with Gasteiger partial charge >= 0.3 is 0 Å². The first-order valence-corrected chi connectivity index (χ1v) is 6.38. The number of rotatable bonds is 6. The van der Waals surface area contributed by atoms with Crippen LogP contribution in [0.25, 0.3) is 0 Å². The molecule has 0 saturated carbocycles. The number of amides is 2. The maximum absolute atomic E-state index is 11.6. The number of nitrogens with two attached hydrogens (primary N) is 3. The summed E-state index contributed by atoms with van der Waals surface area (Å²) in [6.07, 6.45) is 0. The van der Waals surface area contributed by atoms with Crippen molar-refractivity contribution in [2.45, 2.75) is 19.4 Å². The van der Waals surface area contributed by atoms with Crippen LogP contribution in [0.1, 0.15) is 40.1 Å². The van der Waals surface area contributed by atoms with Crippen molar-refractivity contribution in [3.05, 3.63) is 34.9 Å². The zero-order valence-corrected chi connectivity index (χ0v) is 12.1. The molecule has 1 aromatic carbocycles. The van der Waals surface area contributed by atoms with Crippen molar-refractivity contribution in [3.63, 3.8) is 0 Å². The van der Waals surface area contributed by atoms with Gasteiger partial charge in [0, 0.05) is 23.1 Å². The van der Waals surface area contributed by atoms with Gasteiger partial charge in [0.2, 0.25) is 11.8 Å². The molecule has 8 N–H and O–H groups in total. The fourth-order valence-electron chi connectivity index (χ4n) is 2.14. The molecule has 0 saturated heterocycles. The largest absolute Gasteiger partial charge is 0.396 e. The van der Waals surface area contributed by atoms with Crippen LogP contribution < -0.4 is 17.2 Å². The van der Waals surface area contributed by atoms with E-state index in [1.165, 1.54) is 18.2 Å². The molecule has 1 rings (SSSR count). The predicted molar refractivity (Wildman–Crippen MR) is 77.3 cm³/mol. The number of aliphatic hydroxyl groups is 2. The maximum Gasteiger partial charge on any atom is 0.249 e. The number of benzene rings is 1. The molecule has 116 valence electrons. The Balaban J connectivity index is 3.61. The molecule has 21 heavy (non-hydrogen) atoms. The number of carbonyl (C=O) groups is 2. The molecule has 0 aromatic heterocycles. The zero-order valence-electron chi connectivity index (χ0n) is 12.1. The predicted octanol–water partition coefficient (Wildman–Crippen LogP) is -0.951. The normalized spacial score (nSPS) is 14.5. The summed E-state index contributed by atoms with van der Waals surface area (Å²) in [6, 6.07) is 3.97. The monoisotopic (exact) mass is 295 g/mol. The van der Waals surface area contributed by atoms with E-state index in [1.54, 1.807) is 13.8 Å². The third kappa shape index (κ3) is 2.90. The molecule has 1 unspecified atom stereocenters. The molecule has 0 heterocycles. The van der Waals surface area contributed by atoms with Crippen molar-refractivity contribution in [2.24, 2.45) is 22.6 Å². The highest BCUT2D eigenvalue weighted by molar-refractivity contribution is 5.99. The average Bonchev–Trinajstić information content (AvgIpc) is 2.45.